The number of phenolic OH excluding ortho intramolecular Hbond substituents is 1. The van der Waals surface area contributed by atoms with Gasteiger partial charge in [-0.05, 0) is 34.8 Å². The summed E-state index contributed by atoms with van der Waals surface area (Å²) in [6.45, 7) is 18.3. The smallest absolute Gasteiger partial charge is 0.221 e. The normalized spacial score (nSPS) is 12.4. The van der Waals surface area contributed by atoms with E-state index in [2.05, 4.69) is 60.7 Å². The molecule has 0 spiro atoms. The molecule has 130 valence electrons. The molecule has 0 aliphatic carbocycles. The van der Waals surface area contributed by atoms with Crippen LogP contribution in [0.2, 0.25) is 0 Å². The summed E-state index contributed by atoms with van der Waals surface area (Å²) in [5.41, 5.74) is 4.50. The molecule has 2 N–H and O–H groups in total. The lowest BCUT2D eigenvalue weighted by molar-refractivity contribution is -0.114. The highest BCUT2D eigenvalue weighted by atomic mass is 16.3. The van der Waals surface area contributed by atoms with Crippen LogP contribution in [0.5, 0.6) is 5.75 Å². The Morgan fingerprint density at radius 2 is 1.26 bits per heavy atom. The van der Waals surface area contributed by atoms with Crippen molar-refractivity contribution in [2.45, 2.75) is 86.0 Å². The second-order valence-electron chi connectivity index (χ2n) is 8.32. The summed E-state index contributed by atoms with van der Waals surface area (Å²) in [6, 6.07) is 0. The van der Waals surface area contributed by atoms with E-state index >= 15 is 0 Å². The van der Waals surface area contributed by atoms with Crippen molar-refractivity contribution in [2.75, 3.05) is 5.32 Å². The summed E-state index contributed by atoms with van der Waals surface area (Å²) in [4.78, 5) is 11.8. The van der Waals surface area contributed by atoms with E-state index in [0.717, 1.165) is 40.8 Å². The molecule has 0 aliphatic rings. The molecule has 0 heterocycles. The molecular weight excluding hydrogens is 286 g/mol. The Hall–Kier alpha value is -1.51. The van der Waals surface area contributed by atoms with Gasteiger partial charge in [0.2, 0.25) is 5.91 Å². The van der Waals surface area contributed by atoms with E-state index in [4.69, 9.17) is 0 Å². The summed E-state index contributed by atoms with van der Waals surface area (Å²) < 4.78 is 0. The van der Waals surface area contributed by atoms with Crippen LogP contribution in [-0.4, -0.2) is 11.0 Å². The number of amides is 1. The van der Waals surface area contributed by atoms with Crippen molar-refractivity contribution >= 4 is 11.6 Å². The maximum atomic E-state index is 11.8. The molecule has 0 aliphatic heterocycles. The van der Waals surface area contributed by atoms with E-state index in [1.165, 1.54) is 0 Å². The van der Waals surface area contributed by atoms with Gasteiger partial charge in [0.1, 0.15) is 5.75 Å². The van der Waals surface area contributed by atoms with Crippen LogP contribution in [0.15, 0.2) is 0 Å². The highest BCUT2D eigenvalue weighted by molar-refractivity contribution is 5.92. The third-order valence-corrected chi connectivity index (χ3v) is 4.19. The van der Waals surface area contributed by atoms with Crippen LogP contribution in [0.25, 0.3) is 0 Å². The standard InChI is InChI=1S/C20H33NO2/c1-10-13-15(19(4,5)6)18(23)16(20(7,8)9)14(11-2)17(13)21-12(3)22/h23H,10-11H2,1-9H3,(H,21,22). The van der Waals surface area contributed by atoms with Crippen LogP contribution in [0.1, 0.15) is 84.6 Å². The molecule has 0 atom stereocenters. The van der Waals surface area contributed by atoms with Crippen LogP contribution in [0, 0.1) is 0 Å². The van der Waals surface area contributed by atoms with E-state index in [1.54, 1.807) is 6.92 Å². The van der Waals surface area contributed by atoms with Crippen LogP contribution >= 0.6 is 0 Å². The van der Waals surface area contributed by atoms with E-state index in [9.17, 15) is 9.90 Å². The lowest BCUT2D eigenvalue weighted by Gasteiger charge is -2.34. The lowest BCUT2D eigenvalue weighted by Crippen LogP contribution is -2.24. The zero-order valence-corrected chi connectivity index (χ0v) is 16.3. The number of rotatable bonds is 3. The third kappa shape index (κ3) is 3.88. The van der Waals surface area contributed by atoms with Crippen molar-refractivity contribution in [2.24, 2.45) is 0 Å². The number of benzene rings is 1. The first-order valence-electron chi connectivity index (χ1n) is 8.55. The molecule has 3 nitrogen and oxygen atoms in total. The Balaban J connectivity index is 4.04. The van der Waals surface area contributed by atoms with Gasteiger partial charge in [-0.3, -0.25) is 4.79 Å². The monoisotopic (exact) mass is 319 g/mol. The minimum absolute atomic E-state index is 0.0696. The van der Waals surface area contributed by atoms with Crippen molar-refractivity contribution in [3.05, 3.63) is 22.3 Å². The van der Waals surface area contributed by atoms with Crippen LogP contribution in [0.3, 0.4) is 0 Å². The second kappa shape index (κ2) is 6.54. The van der Waals surface area contributed by atoms with Gasteiger partial charge in [0.15, 0.2) is 0 Å². The van der Waals surface area contributed by atoms with Crippen LogP contribution in [-0.2, 0) is 28.5 Å². The SMILES string of the molecule is CCc1c(NC(C)=O)c(CC)c(C(C)(C)C)c(O)c1C(C)(C)C. The number of aromatic hydroxyl groups is 1. The van der Waals surface area contributed by atoms with Crippen LogP contribution in [0.4, 0.5) is 5.69 Å². The van der Waals surface area contributed by atoms with Crippen molar-refractivity contribution in [1.29, 1.82) is 0 Å². The van der Waals surface area contributed by atoms with E-state index in [1.807, 2.05) is 0 Å². The highest BCUT2D eigenvalue weighted by Gasteiger charge is 2.33. The fourth-order valence-electron chi connectivity index (χ4n) is 3.49. The van der Waals surface area contributed by atoms with Crippen LogP contribution < -0.4 is 5.32 Å². The van der Waals surface area contributed by atoms with E-state index < -0.39 is 0 Å². The van der Waals surface area contributed by atoms with Gasteiger partial charge in [-0.1, -0.05) is 55.4 Å². The molecule has 0 aromatic heterocycles. The Bertz CT molecular complexity index is 559. The third-order valence-electron chi connectivity index (χ3n) is 4.19. The average Bonchev–Trinajstić information content (AvgIpc) is 2.35. The highest BCUT2D eigenvalue weighted by Crippen LogP contribution is 2.47. The molecular formula is C20H33NO2. The van der Waals surface area contributed by atoms with Crippen molar-refractivity contribution in [3.63, 3.8) is 0 Å². The summed E-state index contributed by atoms with van der Waals surface area (Å²) in [5.74, 6) is 0.326. The van der Waals surface area contributed by atoms with Gasteiger partial charge >= 0.3 is 0 Å². The first kappa shape index (κ1) is 19.5. The second-order valence-corrected chi connectivity index (χ2v) is 8.32. The molecule has 0 bridgehead atoms. The number of phenols is 1. The zero-order chi connectivity index (χ0) is 18.2. The van der Waals surface area contributed by atoms with Gasteiger partial charge in [0, 0.05) is 23.7 Å². The predicted octanol–water partition coefficient (Wildman–Crippen LogP) is 5.07. The molecule has 1 aromatic rings. The summed E-state index contributed by atoms with van der Waals surface area (Å²) in [6.07, 6.45) is 1.54. The lowest BCUT2D eigenvalue weighted by atomic mass is 9.73. The zero-order valence-electron chi connectivity index (χ0n) is 16.3. The Morgan fingerprint density at radius 3 is 1.48 bits per heavy atom. The molecule has 23 heavy (non-hydrogen) atoms. The summed E-state index contributed by atoms with van der Waals surface area (Å²) >= 11 is 0. The molecule has 0 radical (unpaired) electrons. The molecule has 3 heteroatoms. The molecule has 0 saturated carbocycles. The first-order chi connectivity index (χ1) is 10.4. The molecule has 0 unspecified atom stereocenters. The number of anilines is 1. The molecule has 0 fully saturated rings. The van der Waals surface area contributed by atoms with E-state index in [0.29, 0.717) is 5.75 Å². The Labute approximate surface area is 141 Å². The largest absolute Gasteiger partial charge is 0.507 e. The van der Waals surface area contributed by atoms with Gasteiger partial charge in [0.25, 0.3) is 0 Å². The first-order valence-corrected chi connectivity index (χ1v) is 8.55. The number of carbonyl (C=O) groups excluding carboxylic acids is 1. The number of hydrogen-bond donors (Lipinski definition) is 2. The maximum Gasteiger partial charge on any atom is 0.221 e. The average molecular weight is 319 g/mol. The van der Waals surface area contributed by atoms with Crippen molar-refractivity contribution < 1.29 is 9.90 Å². The van der Waals surface area contributed by atoms with Gasteiger partial charge in [-0.2, -0.15) is 0 Å². The fraction of sp³-hybridized carbons (Fsp3) is 0.650. The number of nitrogens with one attached hydrogen (secondary N) is 1. The quantitative estimate of drug-likeness (QED) is 0.764. The predicted molar refractivity (Wildman–Crippen MR) is 98.6 cm³/mol. The van der Waals surface area contributed by atoms with E-state index in [-0.39, 0.29) is 16.7 Å². The maximum absolute atomic E-state index is 11.8. The van der Waals surface area contributed by atoms with Gasteiger partial charge < -0.3 is 10.4 Å². The summed E-state index contributed by atoms with van der Waals surface area (Å²) in [7, 11) is 0. The van der Waals surface area contributed by atoms with Gasteiger partial charge in [-0.25, -0.2) is 0 Å². The minimum Gasteiger partial charge on any atom is -0.507 e. The van der Waals surface area contributed by atoms with Crippen molar-refractivity contribution in [3.8, 4) is 5.75 Å². The summed E-state index contributed by atoms with van der Waals surface area (Å²) in [5, 5.41) is 14.2. The fourth-order valence-corrected chi connectivity index (χ4v) is 3.49. The van der Waals surface area contributed by atoms with Gasteiger partial charge in [-0.15, -0.1) is 0 Å². The van der Waals surface area contributed by atoms with Crippen molar-refractivity contribution in [1.82, 2.24) is 0 Å². The number of carbonyl (C=O) groups is 1. The minimum atomic E-state index is -0.199. The molecule has 1 aromatic carbocycles. The topological polar surface area (TPSA) is 49.3 Å². The molecule has 0 saturated heterocycles. The van der Waals surface area contributed by atoms with Gasteiger partial charge in [0.05, 0.1) is 0 Å². The Kier molecular flexibility index (Phi) is 5.56. The Morgan fingerprint density at radius 1 is 0.913 bits per heavy atom. The molecule has 1 rings (SSSR count). The number of hydrogen-bond acceptors (Lipinski definition) is 2. The molecule has 1 amide bonds.